The Bertz CT molecular complexity index is 1180. The molecule has 162 valence electrons. The molecule has 1 fully saturated rings. The summed E-state index contributed by atoms with van der Waals surface area (Å²) in [5.41, 5.74) is 4.27. The average molecular weight is 421 g/mol. The molecule has 0 radical (unpaired) electrons. The molecule has 0 unspecified atom stereocenters. The summed E-state index contributed by atoms with van der Waals surface area (Å²) in [4.78, 5) is 12.0. The molecule has 1 aliphatic rings. The highest BCUT2D eigenvalue weighted by molar-refractivity contribution is 5.93. The molecule has 1 saturated heterocycles. The summed E-state index contributed by atoms with van der Waals surface area (Å²) < 4.78 is 15.4. The van der Waals surface area contributed by atoms with E-state index in [1.54, 1.807) is 10.8 Å². The highest BCUT2D eigenvalue weighted by Gasteiger charge is 2.18. The van der Waals surface area contributed by atoms with Gasteiger partial charge in [0, 0.05) is 31.9 Å². The number of para-hydroxylation sites is 1. The molecule has 0 saturated carbocycles. The first kappa shape index (κ1) is 20.0. The summed E-state index contributed by atoms with van der Waals surface area (Å²) >= 11 is 0. The fourth-order valence-electron chi connectivity index (χ4n) is 4.25. The normalized spacial score (nSPS) is 15.2. The standard InChI is InChI=1S/C23H28N6O2/c1-17-18(2)28(10-6-9-27-11-13-30-14-12-27)22-21(17)23-25-20(26-29(23)16-24-22)15-31-19-7-4-3-5-8-19/h3-5,7-8,16H,6,9-15H2,1-2H3. The van der Waals surface area contributed by atoms with Crippen molar-refractivity contribution in [3.63, 3.8) is 0 Å². The number of benzene rings is 1. The van der Waals surface area contributed by atoms with Crippen molar-refractivity contribution in [2.24, 2.45) is 0 Å². The number of ether oxygens (including phenoxy) is 2. The van der Waals surface area contributed by atoms with Crippen LogP contribution in [-0.4, -0.2) is 61.9 Å². The van der Waals surface area contributed by atoms with Gasteiger partial charge in [-0.1, -0.05) is 18.2 Å². The van der Waals surface area contributed by atoms with Crippen molar-refractivity contribution in [3.8, 4) is 5.75 Å². The van der Waals surface area contributed by atoms with E-state index in [1.165, 1.54) is 11.3 Å². The van der Waals surface area contributed by atoms with Gasteiger partial charge in [-0.2, -0.15) is 0 Å². The maximum atomic E-state index is 5.83. The summed E-state index contributed by atoms with van der Waals surface area (Å²) in [6.45, 7) is 10.4. The number of hydrogen-bond acceptors (Lipinski definition) is 6. The first-order valence-corrected chi connectivity index (χ1v) is 10.9. The number of aryl methyl sites for hydroxylation is 2. The zero-order valence-electron chi connectivity index (χ0n) is 18.1. The van der Waals surface area contributed by atoms with Gasteiger partial charge in [0.05, 0.1) is 18.6 Å². The monoisotopic (exact) mass is 420 g/mol. The Hall–Kier alpha value is -2.97. The Morgan fingerprint density at radius 3 is 2.65 bits per heavy atom. The van der Waals surface area contributed by atoms with Crippen molar-refractivity contribution in [2.45, 2.75) is 33.4 Å². The van der Waals surface area contributed by atoms with Gasteiger partial charge in [-0.05, 0) is 38.0 Å². The van der Waals surface area contributed by atoms with Gasteiger partial charge in [-0.25, -0.2) is 14.5 Å². The number of morpholine rings is 1. The van der Waals surface area contributed by atoms with Gasteiger partial charge in [-0.15, -0.1) is 5.10 Å². The molecule has 4 heterocycles. The first-order chi connectivity index (χ1) is 15.2. The molecular formula is C23H28N6O2. The van der Waals surface area contributed by atoms with Crippen LogP contribution in [0.15, 0.2) is 36.7 Å². The largest absolute Gasteiger partial charge is 0.486 e. The highest BCUT2D eigenvalue weighted by atomic mass is 16.5. The van der Waals surface area contributed by atoms with Gasteiger partial charge in [-0.3, -0.25) is 4.90 Å². The van der Waals surface area contributed by atoms with Gasteiger partial charge in [0.2, 0.25) is 0 Å². The lowest BCUT2D eigenvalue weighted by Gasteiger charge is -2.26. The molecule has 0 bridgehead atoms. The number of nitrogens with zero attached hydrogens (tertiary/aromatic N) is 6. The quantitative estimate of drug-likeness (QED) is 0.458. The summed E-state index contributed by atoms with van der Waals surface area (Å²) in [7, 11) is 0. The molecule has 1 aromatic carbocycles. The van der Waals surface area contributed by atoms with E-state index in [-0.39, 0.29) is 0 Å². The molecule has 31 heavy (non-hydrogen) atoms. The molecule has 8 nitrogen and oxygen atoms in total. The molecule has 0 amide bonds. The fraction of sp³-hybridized carbons (Fsp3) is 0.435. The van der Waals surface area contributed by atoms with Crippen LogP contribution in [0.1, 0.15) is 23.5 Å². The Morgan fingerprint density at radius 1 is 1.03 bits per heavy atom. The smallest absolute Gasteiger partial charge is 0.189 e. The lowest BCUT2D eigenvalue weighted by molar-refractivity contribution is 0.0369. The minimum absolute atomic E-state index is 0.325. The predicted molar refractivity (Wildman–Crippen MR) is 118 cm³/mol. The van der Waals surface area contributed by atoms with Crippen molar-refractivity contribution in [1.29, 1.82) is 0 Å². The van der Waals surface area contributed by atoms with Crippen molar-refractivity contribution >= 4 is 16.7 Å². The first-order valence-electron chi connectivity index (χ1n) is 10.9. The Labute approximate surface area is 181 Å². The van der Waals surface area contributed by atoms with Gasteiger partial charge >= 0.3 is 0 Å². The SMILES string of the molecule is Cc1c(C)n(CCCN2CCOCC2)c2ncn3nc(COc4ccccc4)nc3c12. The molecule has 5 rings (SSSR count). The number of hydrogen-bond donors (Lipinski definition) is 0. The zero-order valence-corrected chi connectivity index (χ0v) is 18.1. The van der Waals surface area contributed by atoms with E-state index in [0.29, 0.717) is 12.4 Å². The molecule has 4 aromatic rings. The maximum Gasteiger partial charge on any atom is 0.189 e. The van der Waals surface area contributed by atoms with E-state index >= 15 is 0 Å². The molecule has 3 aromatic heterocycles. The summed E-state index contributed by atoms with van der Waals surface area (Å²) in [5.74, 6) is 1.46. The Kier molecular flexibility index (Phi) is 5.57. The average Bonchev–Trinajstić information content (AvgIpc) is 3.33. The van der Waals surface area contributed by atoms with E-state index < -0.39 is 0 Å². The van der Waals surface area contributed by atoms with E-state index in [9.17, 15) is 0 Å². The van der Waals surface area contributed by atoms with Gasteiger partial charge in [0.15, 0.2) is 11.5 Å². The number of fused-ring (bicyclic) bond motifs is 3. The number of rotatable bonds is 7. The number of aromatic nitrogens is 5. The summed E-state index contributed by atoms with van der Waals surface area (Å²) in [5, 5.41) is 5.65. The van der Waals surface area contributed by atoms with Crippen LogP contribution in [0.3, 0.4) is 0 Å². The van der Waals surface area contributed by atoms with E-state index in [0.717, 1.165) is 68.2 Å². The van der Waals surface area contributed by atoms with Crippen LogP contribution in [-0.2, 0) is 17.9 Å². The third-order valence-corrected chi connectivity index (χ3v) is 6.06. The minimum atomic E-state index is 0.325. The minimum Gasteiger partial charge on any atom is -0.486 e. The molecule has 0 atom stereocenters. The van der Waals surface area contributed by atoms with Crippen LogP contribution in [0.5, 0.6) is 5.75 Å². The summed E-state index contributed by atoms with van der Waals surface area (Å²) in [6.07, 6.45) is 2.84. The van der Waals surface area contributed by atoms with Crippen LogP contribution in [0.4, 0.5) is 0 Å². The van der Waals surface area contributed by atoms with Crippen molar-refractivity contribution in [3.05, 3.63) is 53.7 Å². The van der Waals surface area contributed by atoms with E-state index in [1.807, 2.05) is 30.3 Å². The zero-order chi connectivity index (χ0) is 21.2. The molecule has 0 spiro atoms. The molecule has 1 aliphatic heterocycles. The third kappa shape index (κ3) is 4.00. The lowest BCUT2D eigenvalue weighted by Crippen LogP contribution is -2.37. The fourth-order valence-corrected chi connectivity index (χ4v) is 4.25. The summed E-state index contributed by atoms with van der Waals surface area (Å²) in [6, 6.07) is 9.73. The van der Waals surface area contributed by atoms with Crippen molar-refractivity contribution in [2.75, 3.05) is 32.8 Å². The molecule has 0 aliphatic carbocycles. The molecular weight excluding hydrogens is 392 g/mol. The van der Waals surface area contributed by atoms with Gasteiger partial charge < -0.3 is 14.0 Å². The maximum absolute atomic E-state index is 5.83. The van der Waals surface area contributed by atoms with Crippen LogP contribution in [0.25, 0.3) is 16.7 Å². The van der Waals surface area contributed by atoms with E-state index in [2.05, 4.69) is 28.4 Å². The van der Waals surface area contributed by atoms with Crippen LogP contribution in [0.2, 0.25) is 0 Å². The molecule has 0 N–H and O–H groups in total. The van der Waals surface area contributed by atoms with Crippen molar-refractivity contribution in [1.82, 2.24) is 29.0 Å². The Morgan fingerprint density at radius 2 is 1.84 bits per heavy atom. The van der Waals surface area contributed by atoms with Gasteiger partial charge in [0.1, 0.15) is 24.3 Å². The van der Waals surface area contributed by atoms with Crippen LogP contribution in [0, 0.1) is 13.8 Å². The van der Waals surface area contributed by atoms with Crippen LogP contribution >= 0.6 is 0 Å². The van der Waals surface area contributed by atoms with Gasteiger partial charge in [0.25, 0.3) is 0 Å². The predicted octanol–water partition coefficient (Wildman–Crippen LogP) is 3.00. The second kappa shape index (κ2) is 8.64. The van der Waals surface area contributed by atoms with Crippen LogP contribution < -0.4 is 4.74 Å². The second-order valence-electron chi connectivity index (χ2n) is 8.01. The highest BCUT2D eigenvalue weighted by Crippen LogP contribution is 2.27. The lowest BCUT2D eigenvalue weighted by atomic mass is 10.2. The third-order valence-electron chi connectivity index (χ3n) is 6.06. The topological polar surface area (TPSA) is 69.7 Å². The second-order valence-corrected chi connectivity index (χ2v) is 8.01. The molecule has 8 heteroatoms. The van der Waals surface area contributed by atoms with E-state index in [4.69, 9.17) is 19.4 Å². The van der Waals surface area contributed by atoms with Crippen molar-refractivity contribution < 1.29 is 9.47 Å². The Balaban J connectivity index is 1.38.